The Hall–Kier alpha value is -0.650. The molecule has 18 heavy (non-hydrogen) atoms. The molecule has 2 N–H and O–H groups in total. The van der Waals surface area contributed by atoms with Gasteiger partial charge in [-0.1, -0.05) is 15.9 Å². The highest BCUT2D eigenvalue weighted by atomic mass is 79.9. The molecule has 100 valence electrons. The number of carbonyl (C=O) groups is 1. The average Bonchev–Trinajstić information content (AvgIpc) is 2.35. The molecule has 0 saturated carbocycles. The highest BCUT2D eigenvalue weighted by molar-refractivity contribution is 9.10. The second-order valence-electron chi connectivity index (χ2n) is 4.16. The molecular formula is C12H15BrClFN2O. The van der Waals surface area contributed by atoms with Crippen molar-refractivity contribution in [3.05, 3.63) is 28.5 Å². The molecule has 1 aliphatic rings. The second-order valence-corrected chi connectivity index (χ2v) is 5.07. The first kappa shape index (κ1) is 15.4. The van der Waals surface area contributed by atoms with Crippen molar-refractivity contribution >= 4 is 39.9 Å². The first-order chi connectivity index (χ1) is 8.16. The minimum atomic E-state index is -0.412. The molecule has 1 unspecified atom stereocenters. The minimum Gasteiger partial charge on any atom is -0.323 e. The Morgan fingerprint density at radius 2 is 2.28 bits per heavy atom. The summed E-state index contributed by atoms with van der Waals surface area (Å²) in [5.41, 5.74) is 0.231. The van der Waals surface area contributed by atoms with E-state index in [-0.39, 0.29) is 29.9 Å². The minimum absolute atomic E-state index is 0. The number of halogens is 3. The Balaban J connectivity index is 0.00000162. The molecule has 1 heterocycles. The van der Waals surface area contributed by atoms with E-state index in [4.69, 9.17) is 0 Å². The zero-order valence-corrected chi connectivity index (χ0v) is 12.1. The summed E-state index contributed by atoms with van der Waals surface area (Å²) in [4.78, 5) is 11.9. The predicted molar refractivity (Wildman–Crippen MR) is 75.6 cm³/mol. The van der Waals surface area contributed by atoms with Crippen LogP contribution in [0.5, 0.6) is 0 Å². The quantitative estimate of drug-likeness (QED) is 0.871. The van der Waals surface area contributed by atoms with Gasteiger partial charge in [-0.15, -0.1) is 12.4 Å². The van der Waals surface area contributed by atoms with Crippen LogP contribution in [0.2, 0.25) is 0 Å². The van der Waals surface area contributed by atoms with E-state index in [0.717, 1.165) is 23.9 Å². The lowest BCUT2D eigenvalue weighted by atomic mass is 9.99. The Bertz CT molecular complexity index is 425. The van der Waals surface area contributed by atoms with Crippen molar-refractivity contribution in [2.45, 2.75) is 12.8 Å². The number of amides is 1. The van der Waals surface area contributed by atoms with Crippen LogP contribution in [0.3, 0.4) is 0 Å². The van der Waals surface area contributed by atoms with Gasteiger partial charge in [0, 0.05) is 11.0 Å². The van der Waals surface area contributed by atoms with Crippen molar-refractivity contribution in [3.8, 4) is 0 Å². The van der Waals surface area contributed by atoms with Crippen LogP contribution in [0.15, 0.2) is 22.7 Å². The molecule has 3 nitrogen and oxygen atoms in total. The Morgan fingerprint density at radius 1 is 1.50 bits per heavy atom. The summed E-state index contributed by atoms with van der Waals surface area (Å²) in [7, 11) is 0. The number of hydrogen-bond acceptors (Lipinski definition) is 2. The summed E-state index contributed by atoms with van der Waals surface area (Å²) in [6, 6.07) is 4.51. The molecule has 0 radical (unpaired) electrons. The standard InChI is InChI=1S/C12H14BrFN2O.ClH/c13-9-3-4-10(14)11(6-9)16-12(17)8-2-1-5-15-7-8;/h3-4,6,8,15H,1-2,5,7H2,(H,16,17);1H. The molecule has 0 aliphatic carbocycles. The Morgan fingerprint density at radius 3 is 2.94 bits per heavy atom. The monoisotopic (exact) mass is 336 g/mol. The number of benzene rings is 1. The number of anilines is 1. The zero-order chi connectivity index (χ0) is 12.3. The molecule has 1 aromatic rings. The predicted octanol–water partition coefficient (Wildman–Crippen LogP) is 2.95. The van der Waals surface area contributed by atoms with E-state index in [9.17, 15) is 9.18 Å². The van der Waals surface area contributed by atoms with Gasteiger partial charge in [-0.3, -0.25) is 4.79 Å². The van der Waals surface area contributed by atoms with E-state index in [2.05, 4.69) is 26.6 Å². The van der Waals surface area contributed by atoms with Crippen molar-refractivity contribution in [1.82, 2.24) is 5.32 Å². The Labute approximate surface area is 120 Å². The van der Waals surface area contributed by atoms with Gasteiger partial charge in [-0.25, -0.2) is 4.39 Å². The summed E-state index contributed by atoms with van der Waals surface area (Å²) in [6.45, 7) is 1.62. The van der Waals surface area contributed by atoms with Crippen molar-refractivity contribution < 1.29 is 9.18 Å². The van der Waals surface area contributed by atoms with Crippen LogP contribution in [0.25, 0.3) is 0 Å². The molecule has 1 aromatic carbocycles. The fourth-order valence-electron chi connectivity index (χ4n) is 1.90. The van der Waals surface area contributed by atoms with Gasteiger partial charge in [0.1, 0.15) is 5.82 Å². The fourth-order valence-corrected chi connectivity index (χ4v) is 2.26. The highest BCUT2D eigenvalue weighted by Gasteiger charge is 2.21. The molecule has 1 amide bonds. The summed E-state index contributed by atoms with van der Waals surface area (Å²) < 4.78 is 14.2. The number of rotatable bonds is 2. The number of hydrogen-bond donors (Lipinski definition) is 2. The van der Waals surface area contributed by atoms with E-state index < -0.39 is 5.82 Å². The lowest BCUT2D eigenvalue weighted by molar-refractivity contribution is -0.120. The topological polar surface area (TPSA) is 41.1 Å². The fraction of sp³-hybridized carbons (Fsp3) is 0.417. The maximum absolute atomic E-state index is 13.4. The normalized spacial score (nSPS) is 18.9. The maximum atomic E-state index is 13.4. The lowest BCUT2D eigenvalue weighted by Crippen LogP contribution is -2.37. The van der Waals surface area contributed by atoms with E-state index >= 15 is 0 Å². The third kappa shape index (κ3) is 3.93. The third-order valence-electron chi connectivity index (χ3n) is 2.85. The average molecular weight is 338 g/mol. The maximum Gasteiger partial charge on any atom is 0.228 e. The summed E-state index contributed by atoms with van der Waals surface area (Å²) in [6.07, 6.45) is 1.84. The number of nitrogens with one attached hydrogen (secondary N) is 2. The van der Waals surface area contributed by atoms with E-state index in [1.165, 1.54) is 6.07 Å². The van der Waals surface area contributed by atoms with Gasteiger partial charge in [0.05, 0.1) is 11.6 Å². The van der Waals surface area contributed by atoms with E-state index in [1.807, 2.05) is 0 Å². The van der Waals surface area contributed by atoms with Crippen LogP contribution in [-0.2, 0) is 4.79 Å². The molecule has 0 bridgehead atoms. The van der Waals surface area contributed by atoms with E-state index in [1.54, 1.807) is 12.1 Å². The molecule has 2 rings (SSSR count). The largest absolute Gasteiger partial charge is 0.323 e. The molecule has 1 atom stereocenters. The first-order valence-corrected chi connectivity index (χ1v) is 6.43. The van der Waals surface area contributed by atoms with Gasteiger partial charge < -0.3 is 10.6 Å². The first-order valence-electron chi connectivity index (χ1n) is 5.63. The van der Waals surface area contributed by atoms with E-state index in [0.29, 0.717) is 6.54 Å². The van der Waals surface area contributed by atoms with Gasteiger partial charge in [-0.05, 0) is 37.6 Å². The van der Waals surface area contributed by atoms with Gasteiger partial charge in [0.2, 0.25) is 5.91 Å². The third-order valence-corrected chi connectivity index (χ3v) is 3.35. The van der Waals surface area contributed by atoms with Crippen LogP contribution in [-0.4, -0.2) is 19.0 Å². The summed E-state index contributed by atoms with van der Waals surface area (Å²) in [5.74, 6) is -0.596. The van der Waals surface area contributed by atoms with Crippen LogP contribution in [0.1, 0.15) is 12.8 Å². The van der Waals surface area contributed by atoms with Crippen molar-refractivity contribution in [3.63, 3.8) is 0 Å². The summed E-state index contributed by atoms with van der Waals surface area (Å²) in [5, 5.41) is 5.80. The second kappa shape index (κ2) is 7.07. The van der Waals surface area contributed by atoms with Gasteiger partial charge in [0.25, 0.3) is 0 Å². The number of carbonyl (C=O) groups excluding carboxylic acids is 1. The smallest absolute Gasteiger partial charge is 0.228 e. The molecular weight excluding hydrogens is 323 g/mol. The SMILES string of the molecule is Cl.O=C(Nc1cc(Br)ccc1F)C1CCCNC1. The van der Waals surface area contributed by atoms with Gasteiger partial charge >= 0.3 is 0 Å². The molecule has 1 aliphatic heterocycles. The van der Waals surface area contributed by atoms with Crippen LogP contribution < -0.4 is 10.6 Å². The molecule has 0 spiro atoms. The molecule has 1 saturated heterocycles. The summed E-state index contributed by atoms with van der Waals surface area (Å²) >= 11 is 3.25. The van der Waals surface area contributed by atoms with Crippen molar-refractivity contribution in [1.29, 1.82) is 0 Å². The molecule has 1 fully saturated rings. The van der Waals surface area contributed by atoms with Gasteiger partial charge in [-0.2, -0.15) is 0 Å². The highest BCUT2D eigenvalue weighted by Crippen LogP contribution is 2.21. The Kier molecular flexibility index (Phi) is 6.05. The van der Waals surface area contributed by atoms with Crippen molar-refractivity contribution in [2.24, 2.45) is 5.92 Å². The van der Waals surface area contributed by atoms with Crippen LogP contribution in [0.4, 0.5) is 10.1 Å². The number of piperidine rings is 1. The zero-order valence-electron chi connectivity index (χ0n) is 9.71. The van der Waals surface area contributed by atoms with Crippen molar-refractivity contribution in [2.75, 3.05) is 18.4 Å². The van der Waals surface area contributed by atoms with Crippen LogP contribution in [0, 0.1) is 11.7 Å². The lowest BCUT2D eigenvalue weighted by Gasteiger charge is -2.22. The molecule has 6 heteroatoms. The van der Waals surface area contributed by atoms with Crippen LogP contribution >= 0.6 is 28.3 Å². The van der Waals surface area contributed by atoms with Gasteiger partial charge in [0.15, 0.2) is 0 Å². The molecule has 0 aromatic heterocycles.